The molecular formula is C21H15Cl3F6N2O2. The Morgan fingerprint density at radius 1 is 1.00 bits per heavy atom. The lowest BCUT2D eigenvalue weighted by Gasteiger charge is -2.19. The van der Waals surface area contributed by atoms with Crippen LogP contribution in [0.3, 0.4) is 0 Å². The summed E-state index contributed by atoms with van der Waals surface area (Å²) in [6.07, 6.45) is -8.42. The van der Waals surface area contributed by atoms with Crippen molar-refractivity contribution in [3.05, 3.63) is 73.7 Å². The van der Waals surface area contributed by atoms with Gasteiger partial charge in [0.15, 0.2) is 0 Å². The van der Waals surface area contributed by atoms with Crippen LogP contribution in [0, 0.1) is 0 Å². The van der Waals surface area contributed by atoms with Gasteiger partial charge in [-0.05, 0) is 42.3 Å². The highest BCUT2D eigenvalue weighted by Gasteiger charge is 2.40. The summed E-state index contributed by atoms with van der Waals surface area (Å²) in [4.78, 5) is 23.3. The number of amides is 2. The number of alkyl halides is 6. The molecule has 0 aliphatic carbocycles. The van der Waals surface area contributed by atoms with Crippen LogP contribution in [0.4, 0.5) is 26.3 Å². The molecule has 0 fully saturated rings. The first kappa shape index (κ1) is 27.8. The molecule has 2 amide bonds. The van der Waals surface area contributed by atoms with Crippen LogP contribution >= 0.6 is 34.8 Å². The molecule has 2 unspecified atom stereocenters. The van der Waals surface area contributed by atoms with Gasteiger partial charge in [0.2, 0.25) is 5.91 Å². The fourth-order valence-corrected chi connectivity index (χ4v) is 3.43. The molecule has 2 aromatic rings. The van der Waals surface area contributed by atoms with Gasteiger partial charge in [0.25, 0.3) is 5.91 Å². The summed E-state index contributed by atoms with van der Waals surface area (Å²) in [5.41, 5.74) is 2.09. The SMILES string of the molecule is CC(NC(=O)c1ccc(/C=C/C(c2cc(Cl)c(Cl)c(Cl)c2)C(F)(F)F)cc1C(F)(F)F)C(N)=O. The van der Waals surface area contributed by atoms with Crippen molar-refractivity contribution >= 4 is 52.7 Å². The number of hydrogen-bond donors (Lipinski definition) is 2. The predicted molar refractivity (Wildman–Crippen MR) is 117 cm³/mol. The summed E-state index contributed by atoms with van der Waals surface area (Å²) in [5.74, 6) is -4.47. The predicted octanol–water partition coefficient (Wildman–Crippen LogP) is 6.63. The Morgan fingerprint density at radius 2 is 1.56 bits per heavy atom. The van der Waals surface area contributed by atoms with Gasteiger partial charge in [0, 0.05) is 0 Å². The van der Waals surface area contributed by atoms with E-state index in [-0.39, 0.29) is 26.2 Å². The molecule has 13 heteroatoms. The summed E-state index contributed by atoms with van der Waals surface area (Å²) in [7, 11) is 0. The molecule has 184 valence electrons. The van der Waals surface area contributed by atoms with Crippen LogP contribution in [-0.4, -0.2) is 24.0 Å². The van der Waals surface area contributed by atoms with Crippen molar-refractivity contribution in [2.24, 2.45) is 5.73 Å². The van der Waals surface area contributed by atoms with Crippen molar-refractivity contribution in [3.8, 4) is 0 Å². The Labute approximate surface area is 204 Å². The first-order valence-corrected chi connectivity index (χ1v) is 10.4. The standard InChI is InChI=1S/C21H15Cl3F6N2O2/c1-9(18(31)33)32-19(34)12-4-2-10(6-14(12)21(28,29)30)3-5-13(20(25,26)27)11-7-15(22)17(24)16(23)8-11/h2-9,13H,1H3,(H2,31,33)(H,32,34)/b5-3+. The molecule has 2 rings (SSSR count). The smallest absolute Gasteiger partial charge is 0.368 e. The van der Waals surface area contributed by atoms with Gasteiger partial charge in [-0.15, -0.1) is 0 Å². The maximum Gasteiger partial charge on any atom is 0.417 e. The van der Waals surface area contributed by atoms with Crippen LogP contribution in [0.1, 0.15) is 39.9 Å². The van der Waals surface area contributed by atoms with Crippen LogP contribution < -0.4 is 11.1 Å². The molecule has 0 bridgehead atoms. The number of rotatable bonds is 6. The van der Waals surface area contributed by atoms with Crippen LogP contribution in [0.5, 0.6) is 0 Å². The molecule has 0 aromatic heterocycles. The average molecular weight is 548 g/mol. The van der Waals surface area contributed by atoms with E-state index in [0.717, 1.165) is 30.3 Å². The summed E-state index contributed by atoms with van der Waals surface area (Å²) >= 11 is 17.4. The highest BCUT2D eigenvalue weighted by atomic mass is 35.5. The quantitative estimate of drug-likeness (QED) is 0.315. The molecule has 0 saturated carbocycles. The highest BCUT2D eigenvalue weighted by Crippen LogP contribution is 2.41. The van der Waals surface area contributed by atoms with E-state index in [4.69, 9.17) is 40.5 Å². The van der Waals surface area contributed by atoms with E-state index < -0.39 is 47.3 Å². The molecule has 0 heterocycles. The summed E-state index contributed by atoms with van der Waals surface area (Å²) in [5, 5.41) is 1.41. The Bertz CT molecular complexity index is 1110. The second kappa shape index (κ2) is 10.5. The van der Waals surface area contributed by atoms with E-state index in [1.807, 2.05) is 5.32 Å². The lowest BCUT2D eigenvalue weighted by molar-refractivity contribution is -0.139. The molecule has 34 heavy (non-hydrogen) atoms. The van der Waals surface area contributed by atoms with E-state index >= 15 is 0 Å². The van der Waals surface area contributed by atoms with E-state index in [9.17, 15) is 35.9 Å². The topological polar surface area (TPSA) is 72.2 Å². The van der Waals surface area contributed by atoms with Gasteiger partial charge in [-0.1, -0.05) is 53.0 Å². The molecule has 0 radical (unpaired) electrons. The third-order valence-electron chi connectivity index (χ3n) is 4.57. The zero-order chi connectivity index (χ0) is 26.0. The minimum absolute atomic E-state index is 0.147. The number of allylic oxidation sites excluding steroid dienone is 1. The van der Waals surface area contributed by atoms with Crippen molar-refractivity contribution < 1.29 is 35.9 Å². The average Bonchev–Trinajstić information content (AvgIpc) is 2.70. The third kappa shape index (κ3) is 6.80. The number of carbonyl (C=O) groups is 2. The number of nitrogens with one attached hydrogen (secondary N) is 1. The first-order valence-electron chi connectivity index (χ1n) is 9.23. The van der Waals surface area contributed by atoms with Gasteiger partial charge in [-0.3, -0.25) is 9.59 Å². The van der Waals surface area contributed by atoms with Crippen LogP contribution in [0.2, 0.25) is 15.1 Å². The zero-order valence-electron chi connectivity index (χ0n) is 17.0. The van der Waals surface area contributed by atoms with E-state index in [0.29, 0.717) is 12.1 Å². The van der Waals surface area contributed by atoms with Gasteiger partial charge in [0.1, 0.15) is 6.04 Å². The van der Waals surface area contributed by atoms with Gasteiger partial charge in [-0.2, -0.15) is 26.3 Å². The molecule has 0 saturated heterocycles. The summed E-state index contributed by atoms with van der Waals surface area (Å²) < 4.78 is 81.6. The monoisotopic (exact) mass is 546 g/mol. The minimum Gasteiger partial charge on any atom is -0.368 e. The third-order valence-corrected chi connectivity index (χ3v) is 5.76. The number of primary amides is 1. The van der Waals surface area contributed by atoms with Crippen molar-refractivity contribution in [3.63, 3.8) is 0 Å². The van der Waals surface area contributed by atoms with E-state index in [1.165, 1.54) is 6.92 Å². The van der Waals surface area contributed by atoms with Gasteiger partial charge < -0.3 is 11.1 Å². The summed E-state index contributed by atoms with van der Waals surface area (Å²) in [6.45, 7) is 1.18. The molecule has 2 aromatic carbocycles. The largest absolute Gasteiger partial charge is 0.417 e. The van der Waals surface area contributed by atoms with Gasteiger partial charge >= 0.3 is 12.4 Å². The Morgan fingerprint density at radius 3 is 2.03 bits per heavy atom. The second-order valence-electron chi connectivity index (χ2n) is 7.08. The van der Waals surface area contributed by atoms with E-state index in [2.05, 4.69) is 0 Å². The molecule has 3 N–H and O–H groups in total. The second-order valence-corrected chi connectivity index (χ2v) is 8.27. The molecule has 2 atom stereocenters. The van der Waals surface area contributed by atoms with Crippen LogP contribution in [0.25, 0.3) is 6.08 Å². The normalized spacial score (nSPS) is 14.2. The van der Waals surface area contributed by atoms with Crippen molar-refractivity contribution in [2.45, 2.75) is 31.2 Å². The number of carbonyl (C=O) groups excluding carboxylic acids is 2. The lowest BCUT2D eigenvalue weighted by Crippen LogP contribution is -2.42. The first-order chi connectivity index (χ1) is 15.5. The lowest BCUT2D eigenvalue weighted by atomic mass is 9.96. The van der Waals surface area contributed by atoms with Gasteiger partial charge in [-0.25, -0.2) is 0 Å². The molecule has 0 aliphatic heterocycles. The zero-order valence-corrected chi connectivity index (χ0v) is 19.3. The molecule has 0 aliphatic rings. The van der Waals surface area contributed by atoms with Crippen molar-refractivity contribution in [2.75, 3.05) is 0 Å². The molecule has 4 nitrogen and oxygen atoms in total. The number of nitrogens with two attached hydrogens (primary N) is 1. The van der Waals surface area contributed by atoms with Gasteiger partial charge in [0.05, 0.1) is 32.1 Å². The number of hydrogen-bond acceptors (Lipinski definition) is 2. The Hall–Kier alpha value is -2.43. The number of benzene rings is 2. The number of halogens is 9. The van der Waals surface area contributed by atoms with E-state index in [1.54, 1.807) is 0 Å². The Balaban J connectivity index is 2.49. The summed E-state index contributed by atoms with van der Waals surface area (Å²) in [6, 6.07) is 2.96. The van der Waals surface area contributed by atoms with Crippen LogP contribution in [0.15, 0.2) is 36.4 Å². The fourth-order valence-electron chi connectivity index (χ4n) is 2.81. The molecule has 0 spiro atoms. The van der Waals surface area contributed by atoms with Crippen LogP contribution in [-0.2, 0) is 11.0 Å². The highest BCUT2D eigenvalue weighted by molar-refractivity contribution is 6.48. The van der Waals surface area contributed by atoms with Crippen molar-refractivity contribution in [1.82, 2.24) is 5.32 Å². The maximum atomic E-state index is 13.7. The Kier molecular flexibility index (Phi) is 8.55. The maximum absolute atomic E-state index is 13.7. The molecular weight excluding hydrogens is 533 g/mol. The minimum atomic E-state index is -5.02. The fraction of sp³-hybridized carbons (Fsp3) is 0.238. The van der Waals surface area contributed by atoms with Crippen molar-refractivity contribution in [1.29, 1.82) is 0 Å².